The van der Waals surface area contributed by atoms with Crippen LogP contribution >= 0.6 is 0 Å². The van der Waals surface area contributed by atoms with Crippen LogP contribution in [0, 0.1) is 0 Å². The molecular formula is C12H15NO5. The van der Waals surface area contributed by atoms with Crippen LogP contribution in [0.5, 0.6) is 11.5 Å². The fourth-order valence-electron chi connectivity index (χ4n) is 1.20. The minimum Gasteiger partial charge on any atom is -0.497 e. The Morgan fingerprint density at radius 2 is 1.83 bits per heavy atom. The molecule has 0 aromatic heterocycles. The molecule has 0 saturated carbocycles. The number of hydrogen-bond acceptors (Lipinski definition) is 4. The van der Waals surface area contributed by atoms with Gasteiger partial charge in [0.1, 0.15) is 18.0 Å². The first-order chi connectivity index (χ1) is 8.61. The number of carboxylic acids is 1. The first kappa shape index (κ1) is 13.8. The molecule has 0 unspecified atom stereocenters. The molecule has 0 bridgehead atoms. The van der Waals surface area contributed by atoms with E-state index >= 15 is 0 Å². The van der Waals surface area contributed by atoms with Crippen molar-refractivity contribution in [3.8, 4) is 11.5 Å². The maximum atomic E-state index is 11.2. The second-order valence-corrected chi connectivity index (χ2v) is 3.44. The van der Waals surface area contributed by atoms with Crippen molar-refractivity contribution < 1.29 is 24.2 Å². The van der Waals surface area contributed by atoms with Gasteiger partial charge in [-0.15, -0.1) is 0 Å². The highest BCUT2D eigenvalue weighted by molar-refractivity contribution is 5.81. The largest absolute Gasteiger partial charge is 0.497 e. The molecule has 0 heterocycles. The molecule has 0 aliphatic heterocycles. The number of carbonyl (C=O) groups excluding carboxylic acids is 1. The van der Waals surface area contributed by atoms with Gasteiger partial charge in [0.2, 0.25) is 5.91 Å². The zero-order valence-corrected chi connectivity index (χ0v) is 10.0. The van der Waals surface area contributed by atoms with Gasteiger partial charge in [-0.3, -0.25) is 9.59 Å². The minimum atomic E-state index is -1.07. The van der Waals surface area contributed by atoms with Crippen molar-refractivity contribution in [3.63, 3.8) is 0 Å². The molecule has 0 radical (unpaired) electrons. The van der Waals surface area contributed by atoms with Gasteiger partial charge in [0.05, 0.1) is 20.1 Å². The van der Waals surface area contributed by atoms with Crippen LogP contribution in [0.15, 0.2) is 24.3 Å². The Bertz CT molecular complexity index is 401. The van der Waals surface area contributed by atoms with Crippen LogP contribution in [0.4, 0.5) is 0 Å². The summed E-state index contributed by atoms with van der Waals surface area (Å²) in [5.41, 5.74) is 0. The molecule has 1 aromatic rings. The summed E-state index contributed by atoms with van der Waals surface area (Å²) < 4.78 is 10.3. The zero-order valence-electron chi connectivity index (χ0n) is 10.0. The van der Waals surface area contributed by atoms with Crippen molar-refractivity contribution in [2.24, 2.45) is 0 Å². The molecule has 0 atom stereocenters. The summed E-state index contributed by atoms with van der Waals surface area (Å²) in [7, 11) is 1.57. The molecule has 6 nitrogen and oxygen atoms in total. The van der Waals surface area contributed by atoms with Crippen molar-refractivity contribution in [1.29, 1.82) is 0 Å². The van der Waals surface area contributed by atoms with Crippen molar-refractivity contribution in [3.05, 3.63) is 24.3 Å². The van der Waals surface area contributed by atoms with Gasteiger partial charge in [-0.05, 0) is 24.3 Å². The molecule has 0 spiro atoms. The van der Waals surface area contributed by atoms with Crippen molar-refractivity contribution in [2.75, 3.05) is 20.3 Å². The number of hydrogen-bond donors (Lipinski definition) is 2. The van der Waals surface area contributed by atoms with Crippen LogP contribution in [0.1, 0.15) is 6.42 Å². The van der Waals surface area contributed by atoms with E-state index in [2.05, 4.69) is 5.32 Å². The van der Waals surface area contributed by atoms with Crippen LogP contribution < -0.4 is 14.8 Å². The van der Waals surface area contributed by atoms with Crippen molar-refractivity contribution >= 4 is 11.9 Å². The monoisotopic (exact) mass is 253 g/mol. The van der Waals surface area contributed by atoms with Gasteiger partial charge in [-0.2, -0.15) is 0 Å². The van der Waals surface area contributed by atoms with E-state index in [4.69, 9.17) is 14.6 Å². The van der Waals surface area contributed by atoms with E-state index in [9.17, 15) is 9.59 Å². The predicted octanol–water partition coefficient (Wildman–Crippen LogP) is 0.665. The van der Waals surface area contributed by atoms with E-state index in [0.29, 0.717) is 5.75 Å². The number of benzene rings is 1. The second-order valence-electron chi connectivity index (χ2n) is 3.44. The molecule has 0 aliphatic carbocycles. The first-order valence-electron chi connectivity index (χ1n) is 5.37. The molecule has 1 aromatic carbocycles. The Balaban J connectivity index is 2.24. The highest BCUT2D eigenvalue weighted by Crippen LogP contribution is 2.16. The van der Waals surface area contributed by atoms with E-state index in [1.54, 1.807) is 31.4 Å². The predicted molar refractivity (Wildman–Crippen MR) is 63.8 cm³/mol. The third kappa shape index (κ3) is 5.20. The Morgan fingerprint density at radius 1 is 1.22 bits per heavy atom. The van der Waals surface area contributed by atoms with Gasteiger partial charge in [0.25, 0.3) is 0 Å². The molecule has 1 rings (SSSR count). The summed E-state index contributed by atoms with van der Waals surface area (Å²) in [5.74, 6) is -0.0753. The van der Waals surface area contributed by atoms with Crippen LogP contribution in [0.2, 0.25) is 0 Å². The Hall–Kier alpha value is -2.24. The summed E-state index contributed by atoms with van der Waals surface area (Å²) in [6.45, 7) is -0.181. The number of aliphatic carboxylic acids is 1. The number of nitrogens with one attached hydrogen (secondary N) is 1. The Morgan fingerprint density at radius 3 is 2.39 bits per heavy atom. The fraction of sp³-hybridized carbons (Fsp3) is 0.333. The number of carboxylic acid groups (broad SMARTS) is 1. The quantitative estimate of drug-likeness (QED) is 0.745. The number of ether oxygens (including phenoxy) is 2. The van der Waals surface area contributed by atoms with E-state index < -0.39 is 5.97 Å². The van der Waals surface area contributed by atoms with Gasteiger partial charge in [-0.25, -0.2) is 0 Å². The van der Waals surface area contributed by atoms with E-state index in [0.717, 1.165) is 5.75 Å². The van der Waals surface area contributed by atoms with Crippen molar-refractivity contribution in [1.82, 2.24) is 5.32 Å². The van der Waals surface area contributed by atoms with Gasteiger partial charge in [0, 0.05) is 0 Å². The third-order valence-corrected chi connectivity index (χ3v) is 2.09. The SMILES string of the molecule is COc1ccc(OCCC(=O)NCC(=O)O)cc1. The summed E-state index contributed by atoms with van der Waals surface area (Å²) in [6.07, 6.45) is 0.110. The molecule has 6 heteroatoms. The summed E-state index contributed by atoms with van der Waals surface area (Å²) in [6, 6.07) is 6.96. The highest BCUT2D eigenvalue weighted by atomic mass is 16.5. The third-order valence-electron chi connectivity index (χ3n) is 2.09. The standard InChI is InChI=1S/C12H15NO5/c1-17-9-2-4-10(5-3-9)18-7-6-11(14)13-8-12(15)16/h2-5H,6-8H2,1H3,(H,13,14)(H,15,16). The molecule has 98 valence electrons. The normalized spacial score (nSPS) is 9.61. The highest BCUT2D eigenvalue weighted by Gasteiger charge is 2.04. The molecule has 1 amide bonds. The lowest BCUT2D eigenvalue weighted by Crippen LogP contribution is -2.30. The Labute approximate surface area is 105 Å². The molecule has 0 saturated heterocycles. The second kappa shape index (κ2) is 7.16. The van der Waals surface area contributed by atoms with Crippen LogP contribution in [-0.2, 0) is 9.59 Å². The zero-order chi connectivity index (χ0) is 13.4. The van der Waals surface area contributed by atoms with E-state index in [1.807, 2.05) is 0 Å². The number of methoxy groups -OCH3 is 1. The summed E-state index contributed by atoms with van der Waals surface area (Å²) >= 11 is 0. The van der Waals surface area contributed by atoms with Crippen LogP contribution in [0.3, 0.4) is 0 Å². The van der Waals surface area contributed by atoms with Gasteiger partial charge < -0.3 is 19.9 Å². The number of carbonyl (C=O) groups is 2. The molecule has 0 aliphatic rings. The smallest absolute Gasteiger partial charge is 0.322 e. The molecule has 2 N–H and O–H groups in total. The first-order valence-corrected chi connectivity index (χ1v) is 5.37. The van der Waals surface area contributed by atoms with Gasteiger partial charge in [-0.1, -0.05) is 0 Å². The summed E-state index contributed by atoms with van der Waals surface area (Å²) in [4.78, 5) is 21.4. The average molecular weight is 253 g/mol. The lowest BCUT2D eigenvalue weighted by molar-refractivity contribution is -0.138. The van der Waals surface area contributed by atoms with Crippen molar-refractivity contribution in [2.45, 2.75) is 6.42 Å². The summed E-state index contributed by atoms with van der Waals surface area (Å²) in [5, 5.41) is 10.6. The van der Waals surface area contributed by atoms with E-state index in [1.165, 1.54) is 0 Å². The van der Waals surface area contributed by atoms with E-state index in [-0.39, 0.29) is 25.5 Å². The molecular weight excluding hydrogens is 238 g/mol. The topological polar surface area (TPSA) is 84.9 Å². The Kier molecular flexibility index (Phi) is 5.50. The van der Waals surface area contributed by atoms with Crippen LogP contribution in [0.25, 0.3) is 0 Å². The maximum Gasteiger partial charge on any atom is 0.322 e. The number of amides is 1. The lowest BCUT2D eigenvalue weighted by atomic mass is 10.3. The average Bonchev–Trinajstić information content (AvgIpc) is 2.37. The molecule has 18 heavy (non-hydrogen) atoms. The lowest BCUT2D eigenvalue weighted by Gasteiger charge is -2.07. The molecule has 0 fully saturated rings. The fourth-order valence-corrected chi connectivity index (χ4v) is 1.20. The minimum absolute atomic E-state index is 0.110. The number of rotatable bonds is 7. The van der Waals surface area contributed by atoms with Gasteiger partial charge in [0.15, 0.2) is 0 Å². The van der Waals surface area contributed by atoms with Gasteiger partial charge >= 0.3 is 5.97 Å². The van der Waals surface area contributed by atoms with Crippen LogP contribution in [-0.4, -0.2) is 37.2 Å². The maximum absolute atomic E-state index is 11.2.